The van der Waals surface area contributed by atoms with Crippen molar-refractivity contribution in [1.82, 2.24) is 26.3 Å². The SMILES string of the molecule is CC(C)(C)OC(=O)NCCCC[C@H](NC(=O)[C@H](Cc1ccc(OCc2ccccc2)cc1)NC(=O)OC(C)(C)C)C(=O)N[C@@H](Cc1c[nH]c2ccccc12)C(=O)Nc1ccc(O)cc1. The second-order valence-electron chi connectivity index (χ2n) is 17.5. The van der Waals surface area contributed by atoms with Crippen LogP contribution in [0.2, 0.25) is 0 Å². The van der Waals surface area contributed by atoms with Gasteiger partial charge in [0, 0.05) is 42.2 Å². The number of hydrogen-bond acceptors (Lipinski definition) is 9. The number of rotatable bonds is 19. The number of alkyl carbamates (subject to hydrolysis) is 2. The number of ether oxygens (including phenoxy) is 3. The first-order valence-electron chi connectivity index (χ1n) is 21.4. The van der Waals surface area contributed by atoms with Crippen molar-refractivity contribution in [1.29, 1.82) is 0 Å². The molecule has 0 aliphatic rings. The van der Waals surface area contributed by atoms with Gasteiger partial charge in [0.15, 0.2) is 0 Å². The normalized spacial score (nSPS) is 12.8. The van der Waals surface area contributed by atoms with Gasteiger partial charge in [0.2, 0.25) is 17.7 Å². The molecule has 15 heteroatoms. The molecule has 0 aliphatic heterocycles. The number of carbonyl (C=O) groups is 5. The van der Waals surface area contributed by atoms with Crippen molar-refractivity contribution < 1.29 is 43.3 Å². The fourth-order valence-corrected chi connectivity index (χ4v) is 6.65. The van der Waals surface area contributed by atoms with E-state index in [-0.39, 0.29) is 31.6 Å². The Kier molecular flexibility index (Phi) is 16.8. The highest BCUT2D eigenvalue weighted by Gasteiger charge is 2.31. The van der Waals surface area contributed by atoms with E-state index in [9.17, 15) is 29.1 Å². The molecule has 64 heavy (non-hydrogen) atoms. The summed E-state index contributed by atoms with van der Waals surface area (Å²) in [6, 6.07) is 26.9. The van der Waals surface area contributed by atoms with Gasteiger partial charge in [-0.1, -0.05) is 60.7 Å². The molecular formula is C49H60N6O9. The minimum atomic E-state index is -1.19. The molecule has 1 aromatic heterocycles. The number of aromatic hydroxyl groups is 1. The number of amides is 5. The third-order valence-corrected chi connectivity index (χ3v) is 9.71. The van der Waals surface area contributed by atoms with Crippen molar-refractivity contribution in [3.63, 3.8) is 0 Å². The summed E-state index contributed by atoms with van der Waals surface area (Å²) in [5.74, 6) is -1.20. The van der Waals surface area contributed by atoms with Crippen LogP contribution in [0.25, 0.3) is 10.9 Å². The van der Waals surface area contributed by atoms with Gasteiger partial charge in [-0.05, 0) is 120 Å². The fourth-order valence-electron chi connectivity index (χ4n) is 6.65. The third kappa shape index (κ3) is 16.0. The number of benzene rings is 4. The molecule has 5 rings (SSSR count). The second kappa shape index (κ2) is 22.4. The molecule has 340 valence electrons. The third-order valence-electron chi connectivity index (χ3n) is 9.71. The quantitative estimate of drug-likeness (QED) is 0.0325. The zero-order valence-corrected chi connectivity index (χ0v) is 37.3. The van der Waals surface area contributed by atoms with E-state index in [1.807, 2.05) is 54.6 Å². The van der Waals surface area contributed by atoms with E-state index in [1.165, 1.54) is 24.3 Å². The molecule has 0 bridgehead atoms. The van der Waals surface area contributed by atoms with Gasteiger partial charge >= 0.3 is 12.2 Å². The molecule has 4 aromatic carbocycles. The van der Waals surface area contributed by atoms with Crippen molar-refractivity contribution >= 4 is 46.5 Å². The maximum Gasteiger partial charge on any atom is 0.408 e. The lowest BCUT2D eigenvalue weighted by Gasteiger charge is -2.27. The number of nitrogens with one attached hydrogen (secondary N) is 6. The molecule has 3 atom stereocenters. The van der Waals surface area contributed by atoms with Crippen LogP contribution in [0.1, 0.15) is 77.5 Å². The molecular weight excluding hydrogens is 817 g/mol. The molecule has 7 N–H and O–H groups in total. The van der Waals surface area contributed by atoms with Crippen LogP contribution in [-0.4, -0.2) is 75.9 Å². The summed E-state index contributed by atoms with van der Waals surface area (Å²) >= 11 is 0. The Morgan fingerprint density at radius 2 is 1.23 bits per heavy atom. The summed E-state index contributed by atoms with van der Waals surface area (Å²) in [4.78, 5) is 71.4. The van der Waals surface area contributed by atoms with E-state index in [2.05, 4.69) is 31.6 Å². The van der Waals surface area contributed by atoms with E-state index in [0.717, 1.165) is 22.0 Å². The van der Waals surface area contributed by atoms with E-state index in [0.29, 0.717) is 36.4 Å². The Hall–Kier alpha value is -7.03. The number of phenolic OH excluding ortho intramolecular Hbond substituents is 1. The number of aromatic amines is 1. The highest BCUT2D eigenvalue weighted by Crippen LogP contribution is 2.21. The fraction of sp³-hybridized carbons (Fsp3) is 0.367. The Morgan fingerprint density at radius 1 is 0.625 bits per heavy atom. The van der Waals surface area contributed by atoms with Gasteiger partial charge in [-0.15, -0.1) is 0 Å². The predicted octanol–water partition coefficient (Wildman–Crippen LogP) is 7.43. The average molecular weight is 877 g/mol. The van der Waals surface area contributed by atoms with Gasteiger partial charge in [0.1, 0.15) is 47.4 Å². The molecule has 0 saturated heterocycles. The number of para-hydroxylation sites is 1. The number of phenols is 1. The summed E-state index contributed by atoms with van der Waals surface area (Å²) in [7, 11) is 0. The Bertz CT molecular complexity index is 2320. The van der Waals surface area contributed by atoms with Gasteiger partial charge in [0.05, 0.1) is 0 Å². The molecule has 0 spiro atoms. The van der Waals surface area contributed by atoms with Gasteiger partial charge in [0.25, 0.3) is 0 Å². The van der Waals surface area contributed by atoms with Gasteiger partial charge in [-0.3, -0.25) is 14.4 Å². The van der Waals surface area contributed by atoms with Crippen LogP contribution in [-0.2, 0) is 43.3 Å². The topological polar surface area (TPSA) is 209 Å². The largest absolute Gasteiger partial charge is 0.508 e. The van der Waals surface area contributed by atoms with Gasteiger partial charge < -0.3 is 50.9 Å². The standard InChI is InChI=1S/C49H60N6O9/c1-48(2,3)63-46(60)50-27-13-12-18-40(43(57)54-42(44(58)52-35-21-23-36(56)24-22-35)29-34-30-51-39-17-11-10-16-38(34)39)53-45(59)41(55-47(61)64-49(4,5)6)28-32-19-25-37(26-20-32)62-31-33-14-8-7-9-15-33/h7-11,14-17,19-26,30,40-42,51,56H,12-13,18,27-29,31H2,1-6H3,(H,50,60)(H,52,58)(H,53,59)(H,54,57)(H,55,61)/t40-,41-,42-/m0/s1. The number of fused-ring (bicyclic) bond motifs is 1. The maximum atomic E-state index is 14.4. The summed E-state index contributed by atoms with van der Waals surface area (Å²) in [5, 5.41) is 24.6. The number of aromatic nitrogens is 1. The number of unbranched alkanes of at least 4 members (excludes halogenated alkanes) is 1. The minimum absolute atomic E-state index is 0.0193. The molecule has 15 nitrogen and oxygen atoms in total. The highest BCUT2D eigenvalue weighted by atomic mass is 16.6. The Morgan fingerprint density at radius 3 is 1.92 bits per heavy atom. The van der Waals surface area contributed by atoms with Crippen molar-refractivity contribution in [2.75, 3.05) is 11.9 Å². The van der Waals surface area contributed by atoms with Gasteiger partial charge in [-0.2, -0.15) is 0 Å². The van der Waals surface area contributed by atoms with Crippen LogP contribution >= 0.6 is 0 Å². The van der Waals surface area contributed by atoms with Crippen LogP contribution in [0, 0.1) is 0 Å². The molecule has 0 radical (unpaired) electrons. The monoisotopic (exact) mass is 876 g/mol. The lowest BCUT2D eigenvalue weighted by molar-refractivity contribution is -0.131. The number of H-pyrrole nitrogens is 1. The molecule has 1 heterocycles. The van der Waals surface area contributed by atoms with Crippen LogP contribution in [0.4, 0.5) is 15.3 Å². The average Bonchev–Trinajstić information content (AvgIpc) is 3.64. The molecule has 0 saturated carbocycles. The molecule has 0 unspecified atom stereocenters. The summed E-state index contributed by atoms with van der Waals surface area (Å²) in [5.41, 5.74) is 2.18. The number of carbonyl (C=O) groups excluding carboxylic acids is 5. The zero-order chi connectivity index (χ0) is 46.3. The Balaban J connectivity index is 1.37. The molecule has 0 fully saturated rings. The summed E-state index contributed by atoms with van der Waals surface area (Å²) in [6.45, 7) is 11.0. The zero-order valence-electron chi connectivity index (χ0n) is 37.3. The maximum absolute atomic E-state index is 14.4. The highest BCUT2D eigenvalue weighted by molar-refractivity contribution is 5.99. The lowest BCUT2D eigenvalue weighted by atomic mass is 10.0. The number of hydrogen-bond donors (Lipinski definition) is 7. The van der Waals surface area contributed by atoms with Gasteiger partial charge in [-0.25, -0.2) is 9.59 Å². The molecule has 5 amide bonds. The van der Waals surface area contributed by atoms with E-state index in [1.54, 1.807) is 72.0 Å². The van der Waals surface area contributed by atoms with Crippen molar-refractivity contribution in [2.24, 2.45) is 0 Å². The Labute approximate surface area is 374 Å². The summed E-state index contributed by atoms with van der Waals surface area (Å²) in [6.07, 6.45) is 1.41. The first-order chi connectivity index (χ1) is 30.4. The van der Waals surface area contributed by atoms with E-state index in [4.69, 9.17) is 14.2 Å². The minimum Gasteiger partial charge on any atom is -0.508 e. The smallest absolute Gasteiger partial charge is 0.408 e. The van der Waals surface area contributed by atoms with E-state index >= 15 is 0 Å². The van der Waals surface area contributed by atoms with Crippen LogP contribution in [0.3, 0.4) is 0 Å². The first-order valence-corrected chi connectivity index (χ1v) is 21.4. The summed E-state index contributed by atoms with van der Waals surface area (Å²) < 4.78 is 16.8. The lowest BCUT2D eigenvalue weighted by Crippen LogP contribution is -2.57. The van der Waals surface area contributed by atoms with Crippen LogP contribution in [0.15, 0.2) is 109 Å². The predicted molar refractivity (Wildman–Crippen MR) is 245 cm³/mol. The number of anilines is 1. The van der Waals surface area contributed by atoms with Crippen molar-refractivity contribution in [3.8, 4) is 11.5 Å². The van der Waals surface area contributed by atoms with Crippen molar-refractivity contribution in [2.45, 2.75) is 110 Å². The molecule has 0 aliphatic carbocycles. The van der Waals surface area contributed by atoms with Crippen molar-refractivity contribution in [3.05, 3.63) is 126 Å². The van der Waals surface area contributed by atoms with Crippen LogP contribution in [0.5, 0.6) is 11.5 Å². The van der Waals surface area contributed by atoms with E-state index < -0.39 is 59.2 Å². The second-order valence-corrected chi connectivity index (χ2v) is 17.5. The molecule has 5 aromatic rings. The first kappa shape index (κ1) is 48.0. The van der Waals surface area contributed by atoms with Crippen LogP contribution < -0.4 is 31.3 Å².